The fourth-order valence-corrected chi connectivity index (χ4v) is 0. The molecule has 0 bridgehead atoms. The van der Waals surface area contributed by atoms with Crippen LogP contribution < -0.4 is 0 Å². The number of hydrogen-bond donors (Lipinski definition) is 1. The van der Waals surface area contributed by atoms with E-state index in [1.54, 1.807) is 0 Å². The molecule has 3 heteroatoms. The molecule has 0 rings (SSSR count). The molecule has 0 aromatic carbocycles. The van der Waals surface area contributed by atoms with Gasteiger partial charge in [-0.15, -0.1) is 0 Å². The maximum absolute atomic E-state index is 7.00. The first kappa shape index (κ1) is 22.1. The molecule has 0 aromatic heterocycles. The third-order valence-electron chi connectivity index (χ3n) is 0. The van der Waals surface area contributed by atoms with Crippen molar-refractivity contribution in [1.29, 1.82) is 0 Å². The van der Waals surface area contributed by atoms with Crippen LogP contribution in [0.15, 0.2) is 0 Å². The molecule has 0 aliphatic heterocycles. The fourth-order valence-electron chi connectivity index (χ4n) is 0. The molecule has 0 unspecified atom stereocenters. The molecule has 0 aromatic rings. The topological polar surface area (TPSA) is 51.7 Å². The molecule has 0 aliphatic rings. The number of hydrogen-bond acceptors (Lipinski definition) is 1. The van der Waals surface area contributed by atoms with Gasteiger partial charge in [-0.05, 0) is 0 Å². The summed E-state index contributed by atoms with van der Waals surface area (Å²) in [6.45, 7) is 0. The van der Waals surface area contributed by atoms with E-state index >= 15 is 0 Å². The summed E-state index contributed by atoms with van der Waals surface area (Å²) >= 11 is 0. The Morgan fingerprint density at radius 3 is 1.25 bits per heavy atom. The Hall–Kier alpha value is 0.719. The molecule has 2 radical (unpaired) electrons. The van der Waals surface area contributed by atoms with Gasteiger partial charge in [-0.3, -0.25) is 0 Å². The molecule has 4 heavy (non-hydrogen) atoms. The van der Waals surface area contributed by atoms with Gasteiger partial charge in [-0.2, -0.15) is 0 Å². The Labute approximate surface area is 42.1 Å². The zero-order valence-electron chi connectivity index (χ0n) is 2.65. The van der Waals surface area contributed by atoms with Crippen LogP contribution in [0.3, 0.4) is 0 Å². The van der Waals surface area contributed by atoms with Crippen molar-refractivity contribution in [3.8, 4) is 0 Å². The van der Waals surface area contributed by atoms with Gasteiger partial charge in [0.15, 0.2) is 0 Å². The summed E-state index contributed by atoms with van der Waals surface area (Å²) in [7, 11) is 1.00. The summed E-state index contributed by atoms with van der Waals surface area (Å²) in [5, 5.41) is 7.00. The van der Waals surface area contributed by atoms with Crippen LogP contribution >= 0.6 is 0 Å². The van der Waals surface area contributed by atoms with E-state index in [0.717, 1.165) is 7.11 Å². The van der Waals surface area contributed by atoms with E-state index in [-0.39, 0.29) is 29.4 Å². The predicted molar refractivity (Wildman–Crippen MR) is 20.3 cm³/mol. The van der Waals surface area contributed by atoms with Crippen LogP contribution in [0.2, 0.25) is 0 Å². The van der Waals surface area contributed by atoms with E-state index in [4.69, 9.17) is 5.11 Å². The molecular formula is CH8O2Sn. The maximum atomic E-state index is 7.00. The molecule has 0 fully saturated rings. The molecular weight excluding hydrogens is 163 g/mol. The van der Waals surface area contributed by atoms with Gasteiger partial charge < -0.3 is 10.6 Å². The average molecular weight is 171 g/mol. The summed E-state index contributed by atoms with van der Waals surface area (Å²) < 4.78 is 0. The minimum absolute atomic E-state index is 0. The second-order valence-electron chi connectivity index (χ2n) is 0. The average Bonchev–Trinajstić information content (AvgIpc) is 1.00. The number of aliphatic hydroxyl groups is 1. The molecule has 0 spiro atoms. The van der Waals surface area contributed by atoms with Crippen molar-refractivity contribution < 1.29 is 10.6 Å². The van der Waals surface area contributed by atoms with Gasteiger partial charge in [0, 0.05) is 7.11 Å². The molecule has 0 aliphatic carbocycles. The van der Waals surface area contributed by atoms with Crippen LogP contribution in [0.25, 0.3) is 0 Å². The van der Waals surface area contributed by atoms with Crippen LogP contribution in [0, 0.1) is 0 Å². The fraction of sp³-hybridized carbons (Fsp3) is 1.00. The van der Waals surface area contributed by atoms with Crippen molar-refractivity contribution in [2.24, 2.45) is 0 Å². The Bertz CT molecular complexity index is 6.00. The number of aliphatic hydroxyl groups excluding tert-OH is 1. The second kappa shape index (κ2) is 53.2. The van der Waals surface area contributed by atoms with Crippen molar-refractivity contribution in [3.05, 3.63) is 0 Å². The Morgan fingerprint density at radius 1 is 1.25 bits per heavy atom. The zero-order chi connectivity index (χ0) is 2.00. The van der Waals surface area contributed by atoms with Gasteiger partial charge in [0.25, 0.3) is 0 Å². The third-order valence-corrected chi connectivity index (χ3v) is 0. The predicted octanol–water partition coefficient (Wildman–Crippen LogP) is -2.13. The molecule has 0 atom stereocenters. The van der Waals surface area contributed by atoms with Crippen LogP contribution in [0.5, 0.6) is 0 Å². The summed E-state index contributed by atoms with van der Waals surface area (Å²) in [4.78, 5) is 0. The van der Waals surface area contributed by atoms with Crippen molar-refractivity contribution in [3.63, 3.8) is 0 Å². The van der Waals surface area contributed by atoms with E-state index in [9.17, 15) is 0 Å². The summed E-state index contributed by atoms with van der Waals surface area (Å²) in [5.41, 5.74) is 0. The first-order chi connectivity index (χ1) is 1.00. The van der Waals surface area contributed by atoms with Gasteiger partial charge >= 0.3 is 23.9 Å². The van der Waals surface area contributed by atoms with Gasteiger partial charge in [-0.25, -0.2) is 0 Å². The van der Waals surface area contributed by atoms with Crippen molar-refractivity contribution in [2.75, 3.05) is 7.11 Å². The first-order valence-electron chi connectivity index (χ1n) is 0.447. The van der Waals surface area contributed by atoms with Gasteiger partial charge in [0.05, 0.1) is 0 Å². The molecule has 0 saturated heterocycles. The Kier molecular flexibility index (Phi) is 294. The summed E-state index contributed by atoms with van der Waals surface area (Å²) in [6, 6.07) is 0. The second-order valence-corrected chi connectivity index (χ2v) is 0. The van der Waals surface area contributed by atoms with Crippen molar-refractivity contribution in [2.45, 2.75) is 0 Å². The number of rotatable bonds is 0. The van der Waals surface area contributed by atoms with E-state index in [2.05, 4.69) is 0 Å². The van der Waals surface area contributed by atoms with Crippen LogP contribution in [-0.4, -0.2) is 41.6 Å². The zero-order valence-corrected chi connectivity index (χ0v) is 6.69. The van der Waals surface area contributed by atoms with Gasteiger partial charge in [0.2, 0.25) is 0 Å². The van der Waals surface area contributed by atoms with Gasteiger partial charge in [-0.1, -0.05) is 0 Å². The molecule has 0 heterocycles. The first-order valence-corrected chi connectivity index (χ1v) is 0.447. The van der Waals surface area contributed by atoms with E-state index in [1.807, 2.05) is 0 Å². The Balaban J connectivity index is -0.00000000500. The summed E-state index contributed by atoms with van der Waals surface area (Å²) in [5.74, 6) is 0. The van der Waals surface area contributed by atoms with Crippen LogP contribution in [0.4, 0.5) is 0 Å². The minimum atomic E-state index is 0. The molecule has 0 saturated carbocycles. The normalized spacial score (nSPS) is 1.50. The van der Waals surface area contributed by atoms with E-state index in [0.29, 0.717) is 0 Å². The van der Waals surface area contributed by atoms with Crippen molar-refractivity contribution in [1.82, 2.24) is 0 Å². The molecule has 3 N–H and O–H groups in total. The van der Waals surface area contributed by atoms with Crippen LogP contribution in [0.1, 0.15) is 0 Å². The van der Waals surface area contributed by atoms with Gasteiger partial charge in [0.1, 0.15) is 0 Å². The quantitative estimate of drug-likeness (QED) is 0.415. The SMILES string of the molecule is CO.O.[SnH2]. The Morgan fingerprint density at radius 2 is 1.25 bits per heavy atom. The van der Waals surface area contributed by atoms with Crippen LogP contribution in [-0.2, 0) is 0 Å². The molecule has 2 nitrogen and oxygen atoms in total. The monoisotopic (exact) mass is 172 g/mol. The molecule has 0 amide bonds. The third kappa shape index (κ3) is 15.5. The van der Waals surface area contributed by atoms with Crippen molar-refractivity contribution >= 4 is 23.9 Å². The van der Waals surface area contributed by atoms with E-state index < -0.39 is 0 Å². The molecule has 28 valence electrons. The standard InChI is InChI=1S/CH4O.H2O.Sn.2H/c1-2;;;;/h2H,1H3;1H2;;;. The van der Waals surface area contributed by atoms with E-state index in [1.165, 1.54) is 0 Å². The summed E-state index contributed by atoms with van der Waals surface area (Å²) in [6.07, 6.45) is 0.